The minimum atomic E-state index is -3.52. The maximum Gasteiger partial charge on any atom is 0.293 e. The molecule has 1 amide bonds. The third kappa shape index (κ3) is 4.74. The Morgan fingerprint density at radius 2 is 1.38 bits per heavy atom. The van der Waals surface area contributed by atoms with Crippen molar-refractivity contribution in [3.8, 4) is 0 Å². The molecule has 0 radical (unpaired) electrons. The molecule has 1 aromatic carbocycles. The van der Waals surface area contributed by atoms with Crippen molar-refractivity contribution in [2.75, 3.05) is 57.3 Å². The number of nitro groups is 1. The Morgan fingerprint density at radius 3 is 1.97 bits per heavy atom. The van der Waals surface area contributed by atoms with E-state index in [2.05, 4.69) is 0 Å². The van der Waals surface area contributed by atoms with E-state index >= 15 is 0 Å². The molecule has 3 saturated heterocycles. The van der Waals surface area contributed by atoms with E-state index in [0.29, 0.717) is 18.8 Å². The van der Waals surface area contributed by atoms with Crippen molar-refractivity contribution in [3.05, 3.63) is 33.9 Å². The van der Waals surface area contributed by atoms with Crippen molar-refractivity contribution >= 4 is 27.5 Å². The smallest absolute Gasteiger partial charge is 0.293 e. The first-order valence-corrected chi connectivity index (χ1v) is 12.9. The molecule has 3 fully saturated rings. The summed E-state index contributed by atoms with van der Waals surface area (Å²) in [6.45, 7) is 3.67. The van der Waals surface area contributed by atoms with Gasteiger partial charge in [0.1, 0.15) is 5.69 Å². The average molecular weight is 466 g/mol. The zero-order chi connectivity index (χ0) is 22.7. The molecule has 32 heavy (non-hydrogen) atoms. The zero-order valence-electron chi connectivity index (χ0n) is 18.3. The van der Waals surface area contributed by atoms with E-state index in [-0.39, 0.29) is 43.3 Å². The van der Waals surface area contributed by atoms with Crippen molar-refractivity contribution in [2.45, 2.75) is 38.5 Å². The van der Waals surface area contributed by atoms with Gasteiger partial charge in [-0.05, 0) is 37.8 Å². The highest BCUT2D eigenvalue weighted by atomic mass is 32.2. The first-order chi connectivity index (χ1) is 15.4. The topological polar surface area (TPSA) is 107 Å². The van der Waals surface area contributed by atoms with Crippen LogP contribution in [0.2, 0.25) is 0 Å². The van der Waals surface area contributed by atoms with Gasteiger partial charge in [-0.3, -0.25) is 14.9 Å². The monoisotopic (exact) mass is 465 g/mol. The number of anilines is 1. The highest BCUT2D eigenvalue weighted by Crippen LogP contribution is 2.32. The van der Waals surface area contributed by atoms with Crippen LogP contribution in [0.4, 0.5) is 11.4 Å². The number of rotatable bonds is 5. The van der Waals surface area contributed by atoms with Crippen LogP contribution in [0.5, 0.6) is 0 Å². The summed E-state index contributed by atoms with van der Waals surface area (Å²) in [5.74, 6) is -0.298. The summed E-state index contributed by atoms with van der Waals surface area (Å²) in [4.78, 5) is 27.8. The predicted octanol–water partition coefficient (Wildman–Crippen LogP) is 2.07. The summed E-state index contributed by atoms with van der Waals surface area (Å²) in [6, 6.07) is 4.66. The van der Waals surface area contributed by atoms with Crippen LogP contribution >= 0.6 is 0 Å². The Hall–Kier alpha value is -2.24. The third-order valence-electron chi connectivity index (χ3n) is 6.61. The number of hydrogen-bond acceptors (Lipinski definition) is 6. The summed E-state index contributed by atoms with van der Waals surface area (Å²) in [5, 5.41) is 11.6. The largest absolute Gasteiger partial charge is 0.366 e. The molecule has 0 atom stereocenters. The van der Waals surface area contributed by atoms with Gasteiger partial charge in [-0.25, -0.2) is 0 Å². The molecule has 3 aliphatic rings. The van der Waals surface area contributed by atoms with E-state index < -0.39 is 15.1 Å². The van der Waals surface area contributed by atoms with Gasteiger partial charge < -0.3 is 9.80 Å². The lowest BCUT2D eigenvalue weighted by Crippen LogP contribution is -2.54. The second kappa shape index (κ2) is 9.72. The maximum absolute atomic E-state index is 13.0. The molecule has 3 heterocycles. The van der Waals surface area contributed by atoms with Crippen molar-refractivity contribution < 1.29 is 18.1 Å². The molecule has 0 aliphatic carbocycles. The number of amides is 1. The Bertz CT molecular complexity index is 947. The highest BCUT2D eigenvalue weighted by Gasteiger charge is 2.34. The lowest BCUT2D eigenvalue weighted by Gasteiger charge is -2.36. The lowest BCUT2D eigenvalue weighted by atomic mass is 10.1. The highest BCUT2D eigenvalue weighted by molar-refractivity contribution is 7.86. The van der Waals surface area contributed by atoms with E-state index in [1.807, 2.05) is 4.90 Å². The van der Waals surface area contributed by atoms with Crippen molar-refractivity contribution in [3.63, 3.8) is 0 Å². The standard InChI is InChI=1S/C21H31N5O5S/c27-21(18-7-8-19(20(17-18)26(28)29)22-9-5-6-10-22)23-13-15-25(16-14-23)32(30,31)24-11-3-1-2-4-12-24/h7-8,17H,1-6,9-16H2. The third-order valence-corrected chi connectivity index (χ3v) is 8.64. The number of nitrogens with zero attached hydrogens (tertiary/aromatic N) is 5. The van der Waals surface area contributed by atoms with Gasteiger partial charge >= 0.3 is 0 Å². The second-order valence-electron chi connectivity index (χ2n) is 8.67. The molecule has 0 N–H and O–H groups in total. The molecule has 1 aromatic rings. The van der Waals surface area contributed by atoms with Gasteiger partial charge in [-0.2, -0.15) is 17.0 Å². The molecule has 0 spiro atoms. The molecule has 4 rings (SSSR count). The summed E-state index contributed by atoms with van der Waals surface area (Å²) < 4.78 is 29.0. The Kier molecular flexibility index (Phi) is 6.96. The summed E-state index contributed by atoms with van der Waals surface area (Å²) >= 11 is 0. The quantitative estimate of drug-likeness (QED) is 0.487. The van der Waals surface area contributed by atoms with Crippen molar-refractivity contribution in [1.82, 2.24) is 13.5 Å². The summed E-state index contributed by atoms with van der Waals surface area (Å²) in [7, 11) is -3.52. The van der Waals surface area contributed by atoms with Gasteiger partial charge in [0.2, 0.25) is 0 Å². The number of nitro benzene ring substituents is 1. The molecular weight excluding hydrogens is 434 g/mol. The second-order valence-corrected chi connectivity index (χ2v) is 10.6. The normalized spacial score (nSPS) is 21.5. The van der Waals surface area contributed by atoms with E-state index in [1.165, 1.54) is 10.4 Å². The van der Waals surface area contributed by atoms with Crippen LogP contribution < -0.4 is 4.90 Å². The predicted molar refractivity (Wildman–Crippen MR) is 121 cm³/mol. The van der Waals surface area contributed by atoms with E-state index in [9.17, 15) is 23.3 Å². The molecular formula is C21H31N5O5S. The van der Waals surface area contributed by atoms with Gasteiger partial charge in [0.05, 0.1) is 4.92 Å². The van der Waals surface area contributed by atoms with E-state index in [4.69, 9.17) is 0 Å². The van der Waals surface area contributed by atoms with Crippen LogP contribution in [-0.2, 0) is 10.2 Å². The van der Waals surface area contributed by atoms with Gasteiger partial charge in [0.25, 0.3) is 21.8 Å². The molecule has 3 aliphatic heterocycles. The Balaban J connectivity index is 1.43. The number of carbonyl (C=O) groups is 1. The minimum absolute atomic E-state index is 0.0554. The average Bonchev–Trinajstić information content (AvgIpc) is 3.19. The lowest BCUT2D eigenvalue weighted by molar-refractivity contribution is -0.384. The fourth-order valence-corrected chi connectivity index (χ4v) is 6.44. The van der Waals surface area contributed by atoms with Crippen LogP contribution in [0.1, 0.15) is 48.9 Å². The fraction of sp³-hybridized carbons (Fsp3) is 0.667. The van der Waals surface area contributed by atoms with Gasteiger partial charge in [-0.15, -0.1) is 0 Å². The molecule has 176 valence electrons. The van der Waals surface area contributed by atoms with Crippen LogP contribution in [-0.4, -0.2) is 85.1 Å². The molecule has 0 aromatic heterocycles. The Morgan fingerprint density at radius 1 is 0.812 bits per heavy atom. The SMILES string of the molecule is O=C(c1ccc(N2CCCC2)c([N+](=O)[O-])c1)N1CCN(S(=O)(=O)N2CCCCCC2)CC1. The number of benzene rings is 1. The van der Waals surface area contributed by atoms with Crippen LogP contribution in [0.25, 0.3) is 0 Å². The van der Waals surface area contributed by atoms with E-state index in [0.717, 1.165) is 51.6 Å². The maximum atomic E-state index is 13.0. The first-order valence-electron chi connectivity index (χ1n) is 11.5. The van der Waals surface area contributed by atoms with Crippen molar-refractivity contribution in [2.24, 2.45) is 0 Å². The zero-order valence-corrected chi connectivity index (χ0v) is 19.1. The van der Waals surface area contributed by atoms with Crippen LogP contribution in [0.3, 0.4) is 0 Å². The van der Waals surface area contributed by atoms with E-state index in [1.54, 1.807) is 21.3 Å². The summed E-state index contributed by atoms with van der Waals surface area (Å²) in [5.41, 5.74) is 0.765. The minimum Gasteiger partial charge on any atom is -0.366 e. The number of piperazine rings is 1. The molecule has 0 unspecified atom stereocenters. The van der Waals surface area contributed by atoms with Gasteiger partial charge in [0.15, 0.2) is 0 Å². The van der Waals surface area contributed by atoms with Gasteiger partial charge in [-0.1, -0.05) is 12.8 Å². The molecule has 0 bridgehead atoms. The fourth-order valence-electron chi connectivity index (χ4n) is 4.77. The molecule has 11 heteroatoms. The summed E-state index contributed by atoms with van der Waals surface area (Å²) in [6.07, 6.45) is 5.87. The van der Waals surface area contributed by atoms with Gasteiger partial charge in [0, 0.05) is 64.0 Å². The molecule has 10 nitrogen and oxygen atoms in total. The number of carbonyl (C=O) groups excluding carboxylic acids is 1. The Labute approximate surface area is 189 Å². The van der Waals surface area contributed by atoms with Crippen molar-refractivity contribution in [1.29, 1.82) is 0 Å². The first kappa shape index (κ1) is 22.9. The van der Waals surface area contributed by atoms with Crippen LogP contribution in [0, 0.1) is 10.1 Å². The number of hydrogen-bond donors (Lipinski definition) is 0. The van der Waals surface area contributed by atoms with Crippen LogP contribution in [0.15, 0.2) is 18.2 Å². The molecule has 0 saturated carbocycles.